The number of carboxylic acid groups (broad SMARTS) is 1. The Labute approximate surface area is 118 Å². The minimum absolute atomic E-state index is 0.195. The predicted molar refractivity (Wildman–Crippen MR) is 75.8 cm³/mol. The third-order valence-corrected chi connectivity index (χ3v) is 3.31. The van der Waals surface area contributed by atoms with E-state index in [9.17, 15) is 9.59 Å². The first kappa shape index (κ1) is 16.0. The summed E-state index contributed by atoms with van der Waals surface area (Å²) in [5.41, 5.74) is -0.248. The SMILES string of the molecule is CCc1ccccc1OCC(=O)NC(C)(CC)C(=O)O. The van der Waals surface area contributed by atoms with Crippen molar-refractivity contribution in [3.05, 3.63) is 29.8 Å². The highest BCUT2D eigenvalue weighted by Crippen LogP contribution is 2.18. The molecule has 0 aliphatic heterocycles. The van der Waals surface area contributed by atoms with E-state index in [4.69, 9.17) is 9.84 Å². The van der Waals surface area contributed by atoms with Crippen LogP contribution in [0.1, 0.15) is 32.8 Å². The van der Waals surface area contributed by atoms with Crippen LogP contribution < -0.4 is 10.1 Å². The maximum atomic E-state index is 11.8. The fourth-order valence-corrected chi connectivity index (χ4v) is 1.72. The Morgan fingerprint density at radius 2 is 1.95 bits per heavy atom. The molecule has 5 heteroatoms. The van der Waals surface area contributed by atoms with Crippen LogP contribution in [0.5, 0.6) is 5.75 Å². The van der Waals surface area contributed by atoms with Crippen molar-refractivity contribution >= 4 is 11.9 Å². The molecule has 1 amide bonds. The number of ether oxygens (including phenoxy) is 1. The molecule has 0 aliphatic rings. The Hall–Kier alpha value is -2.04. The summed E-state index contributed by atoms with van der Waals surface area (Å²) in [5, 5.41) is 11.6. The molecule has 0 bridgehead atoms. The number of carbonyl (C=O) groups excluding carboxylic acids is 1. The number of aryl methyl sites for hydroxylation is 1. The summed E-state index contributed by atoms with van der Waals surface area (Å²) >= 11 is 0. The van der Waals surface area contributed by atoms with E-state index < -0.39 is 17.4 Å². The van der Waals surface area contributed by atoms with E-state index in [1.54, 1.807) is 13.0 Å². The van der Waals surface area contributed by atoms with Gasteiger partial charge < -0.3 is 15.2 Å². The number of benzene rings is 1. The molecule has 0 aliphatic carbocycles. The maximum Gasteiger partial charge on any atom is 0.329 e. The number of carbonyl (C=O) groups is 2. The van der Waals surface area contributed by atoms with Gasteiger partial charge in [-0.15, -0.1) is 0 Å². The highest BCUT2D eigenvalue weighted by Gasteiger charge is 2.32. The van der Waals surface area contributed by atoms with Crippen molar-refractivity contribution in [2.75, 3.05) is 6.61 Å². The van der Waals surface area contributed by atoms with Crippen LogP contribution in [0.3, 0.4) is 0 Å². The molecule has 0 spiro atoms. The molecule has 1 aromatic carbocycles. The second-order valence-electron chi connectivity index (χ2n) is 4.79. The standard InChI is InChI=1S/C15H21NO4/c1-4-11-8-6-7-9-12(11)20-10-13(17)16-15(3,5-2)14(18)19/h6-9H,4-5,10H2,1-3H3,(H,16,17)(H,18,19). The number of para-hydroxylation sites is 1. The second kappa shape index (κ2) is 6.93. The van der Waals surface area contributed by atoms with Gasteiger partial charge in [0.25, 0.3) is 5.91 Å². The zero-order chi connectivity index (χ0) is 15.2. The van der Waals surface area contributed by atoms with E-state index in [0.717, 1.165) is 12.0 Å². The first-order valence-electron chi connectivity index (χ1n) is 6.68. The van der Waals surface area contributed by atoms with E-state index in [1.807, 2.05) is 25.1 Å². The highest BCUT2D eigenvalue weighted by molar-refractivity contribution is 5.87. The molecule has 20 heavy (non-hydrogen) atoms. The number of rotatable bonds is 7. The van der Waals surface area contributed by atoms with Gasteiger partial charge in [-0.25, -0.2) is 4.79 Å². The van der Waals surface area contributed by atoms with Gasteiger partial charge in [-0.1, -0.05) is 32.0 Å². The van der Waals surface area contributed by atoms with E-state index in [-0.39, 0.29) is 6.61 Å². The largest absolute Gasteiger partial charge is 0.483 e. The van der Waals surface area contributed by atoms with Gasteiger partial charge in [-0.3, -0.25) is 4.79 Å². The molecule has 0 heterocycles. The molecule has 110 valence electrons. The number of carboxylic acids is 1. The molecule has 0 saturated carbocycles. The van der Waals surface area contributed by atoms with E-state index in [0.29, 0.717) is 12.2 Å². The minimum Gasteiger partial charge on any atom is -0.483 e. The average Bonchev–Trinajstić information content (AvgIpc) is 2.45. The molecule has 1 atom stereocenters. The summed E-state index contributed by atoms with van der Waals surface area (Å²) < 4.78 is 5.45. The van der Waals surface area contributed by atoms with Crippen LogP contribution in [-0.2, 0) is 16.0 Å². The fraction of sp³-hybridized carbons (Fsp3) is 0.467. The van der Waals surface area contributed by atoms with Crippen LogP contribution >= 0.6 is 0 Å². The molecule has 5 nitrogen and oxygen atoms in total. The summed E-state index contributed by atoms with van der Waals surface area (Å²) in [7, 11) is 0. The Kier molecular flexibility index (Phi) is 5.55. The number of hydrogen-bond acceptors (Lipinski definition) is 3. The van der Waals surface area contributed by atoms with Crippen molar-refractivity contribution in [2.45, 2.75) is 39.2 Å². The number of nitrogens with one attached hydrogen (secondary N) is 1. The lowest BCUT2D eigenvalue weighted by atomic mass is 9.99. The lowest BCUT2D eigenvalue weighted by Crippen LogP contribution is -2.53. The Morgan fingerprint density at radius 3 is 2.50 bits per heavy atom. The topological polar surface area (TPSA) is 75.6 Å². The van der Waals surface area contributed by atoms with Crippen LogP contribution in [0.2, 0.25) is 0 Å². The van der Waals surface area contributed by atoms with Crippen LogP contribution in [0.15, 0.2) is 24.3 Å². The van der Waals surface area contributed by atoms with Crippen molar-refractivity contribution in [2.24, 2.45) is 0 Å². The first-order valence-corrected chi connectivity index (χ1v) is 6.68. The van der Waals surface area contributed by atoms with Crippen molar-refractivity contribution in [3.63, 3.8) is 0 Å². The number of aliphatic carboxylic acids is 1. The van der Waals surface area contributed by atoms with Gasteiger partial charge in [-0.05, 0) is 31.4 Å². The van der Waals surface area contributed by atoms with Gasteiger partial charge in [0, 0.05) is 0 Å². The summed E-state index contributed by atoms with van der Waals surface area (Å²) in [6.07, 6.45) is 1.11. The monoisotopic (exact) mass is 279 g/mol. The maximum absolute atomic E-state index is 11.8. The van der Waals surface area contributed by atoms with Crippen LogP contribution in [-0.4, -0.2) is 29.1 Å². The molecule has 1 rings (SSSR count). The summed E-state index contributed by atoms with van der Waals surface area (Å²) in [6.45, 7) is 5.00. The minimum atomic E-state index is -1.26. The third kappa shape index (κ3) is 3.98. The first-order chi connectivity index (χ1) is 9.42. The van der Waals surface area contributed by atoms with Crippen LogP contribution in [0, 0.1) is 0 Å². The number of hydrogen-bond donors (Lipinski definition) is 2. The predicted octanol–water partition coefficient (Wildman–Crippen LogP) is 2.00. The molecular weight excluding hydrogens is 258 g/mol. The number of amides is 1. The molecule has 0 fully saturated rings. The normalized spacial score (nSPS) is 13.3. The second-order valence-corrected chi connectivity index (χ2v) is 4.79. The highest BCUT2D eigenvalue weighted by atomic mass is 16.5. The van der Waals surface area contributed by atoms with Crippen LogP contribution in [0.4, 0.5) is 0 Å². The van der Waals surface area contributed by atoms with Gasteiger partial charge in [0.1, 0.15) is 11.3 Å². The van der Waals surface area contributed by atoms with Crippen molar-refractivity contribution in [3.8, 4) is 5.75 Å². The van der Waals surface area contributed by atoms with E-state index >= 15 is 0 Å². The lowest BCUT2D eigenvalue weighted by Gasteiger charge is -2.24. The van der Waals surface area contributed by atoms with Gasteiger partial charge in [0.05, 0.1) is 0 Å². The molecular formula is C15H21NO4. The Morgan fingerprint density at radius 1 is 1.30 bits per heavy atom. The zero-order valence-electron chi connectivity index (χ0n) is 12.1. The van der Waals surface area contributed by atoms with E-state index in [1.165, 1.54) is 6.92 Å². The summed E-state index contributed by atoms with van der Waals surface area (Å²) in [6, 6.07) is 7.47. The zero-order valence-corrected chi connectivity index (χ0v) is 12.1. The van der Waals surface area contributed by atoms with Gasteiger partial charge >= 0.3 is 5.97 Å². The van der Waals surface area contributed by atoms with Crippen molar-refractivity contribution in [1.82, 2.24) is 5.32 Å². The summed E-state index contributed by atoms with van der Waals surface area (Å²) in [5.74, 6) is -0.844. The van der Waals surface area contributed by atoms with Crippen LogP contribution in [0.25, 0.3) is 0 Å². The average molecular weight is 279 g/mol. The molecule has 0 radical (unpaired) electrons. The molecule has 0 saturated heterocycles. The Balaban J connectivity index is 2.62. The fourth-order valence-electron chi connectivity index (χ4n) is 1.72. The van der Waals surface area contributed by atoms with Crippen molar-refractivity contribution in [1.29, 1.82) is 0 Å². The Bertz CT molecular complexity index is 487. The molecule has 1 aromatic rings. The van der Waals surface area contributed by atoms with Gasteiger partial charge in [-0.2, -0.15) is 0 Å². The van der Waals surface area contributed by atoms with Gasteiger partial charge in [0.2, 0.25) is 0 Å². The summed E-state index contributed by atoms with van der Waals surface area (Å²) in [4.78, 5) is 22.9. The third-order valence-electron chi connectivity index (χ3n) is 3.31. The van der Waals surface area contributed by atoms with Crippen molar-refractivity contribution < 1.29 is 19.4 Å². The van der Waals surface area contributed by atoms with E-state index in [2.05, 4.69) is 5.32 Å². The molecule has 1 unspecified atom stereocenters. The lowest BCUT2D eigenvalue weighted by molar-refractivity contribution is -0.147. The van der Waals surface area contributed by atoms with Gasteiger partial charge in [0.15, 0.2) is 6.61 Å². The smallest absolute Gasteiger partial charge is 0.329 e. The molecule has 2 N–H and O–H groups in total. The quantitative estimate of drug-likeness (QED) is 0.800. The molecule has 0 aromatic heterocycles.